The van der Waals surface area contributed by atoms with Gasteiger partial charge < -0.3 is 4.90 Å². The maximum Gasteiger partial charge on any atom is 0.263 e. The predicted molar refractivity (Wildman–Crippen MR) is 105 cm³/mol. The lowest BCUT2D eigenvalue weighted by Gasteiger charge is -2.19. The predicted octanol–water partition coefficient (Wildman–Crippen LogP) is 4.24. The molecule has 0 saturated carbocycles. The Labute approximate surface area is 160 Å². The molecule has 0 aliphatic carbocycles. The van der Waals surface area contributed by atoms with Crippen molar-refractivity contribution in [1.82, 2.24) is 4.90 Å². The average Bonchev–Trinajstić information content (AvgIpc) is 2.58. The van der Waals surface area contributed by atoms with Crippen LogP contribution in [-0.4, -0.2) is 32.3 Å². The van der Waals surface area contributed by atoms with Crippen LogP contribution in [0.25, 0.3) is 0 Å². The van der Waals surface area contributed by atoms with Crippen LogP contribution in [0.2, 0.25) is 5.02 Å². The van der Waals surface area contributed by atoms with Crippen molar-refractivity contribution < 1.29 is 13.2 Å². The van der Waals surface area contributed by atoms with E-state index in [0.717, 1.165) is 11.1 Å². The first-order valence-electron chi connectivity index (χ1n) is 8.38. The minimum absolute atomic E-state index is 0.0679. The minimum Gasteiger partial charge on any atom is -0.339 e. The number of nitrogens with zero attached hydrogens (tertiary/aromatic N) is 1. The lowest BCUT2D eigenvalue weighted by atomic mass is 10.1. The molecule has 7 heteroatoms. The van der Waals surface area contributed by atoms with E-state index in [0.29, 0.717) is 24.3 Å². The van der Waals surface area contributed by atoms with Crippen molar-refractivity contribution >= 4 is 33.2 Å². The lowest BCUT2D eigenvalue weighted by molar-refractivity contribution is 0.0772. The lowest BCUT2D eigenvalue weighted by Crippen LogP contribution is -2.30. The summed E-state index contributed by atoms with van der Waals surface area (Å²) < 4.78 is 28.2. The van der Waals surface area contributed by atoms with Gasteiger partial charge in [0.2, 0.25) is 0 Å². The quantitative estimate of drug-likeness (QED) is 0.796. The summed E-state index contributed by atoms with van der Waals surface area (Å²) in [6.45, 7) is 8.59. The SMILES string of the molecule is CCN(CC)C(=O)c1ccc(Cl)c(S(=O)(=O)Nc2ccc(C)cc2C)c1. The van der Waals surface area contributed by atoms with Crippen molar-refractivity contribution in [2.45, 2.75) is 32.6 Å². The fraction of sp³-hybridized carbons (Fsp3) is 0.316. The molecule has 0 saturated heterocycles. The summed E-state index contributed by atoms with van der Waals surface area (Å²) in [6, 6.07) is 9.73. The number of nitrogens with one attached hydrogen (secondary N) is 1. The molecule has 0 radical (unpaired) electrons. The van der Waals surface area contributed by atoms with Gasteiger partial charge in [0, 0.05) is 18.7 Å². The third kappa shape index (κ3) is 4.37. The van der Waals surface area contributed by atoms with Crippen LogP contribution in [0.5, 0.6) is 0 Å². The summed E-state index contributed by atoms with van der Waals surface area (Å²) in [5, 5.41) is 0.0679. The van der Waals surface area contributed by atoms with Gasteiger partial charge in [-0.15, -0.1) is 0 Å². The van der Waals surface area contributed by atoms with Crippen molar-refractivity contribution in [2.75, 3.05) is 17.8 Å². The molecular formula is C19H23ClN2O3S. The van der Waals surface area contributed by atoms with E-state index in [2.05, 4.69) is 4.72 Å². The number of sulfonamides is 1. The van der Waals surface area contributed by atoms with Gasteiger partial charge in [-0.2, -0.15) is 0 Å². The molecule has 0 fully saturated rings. The Balaban J connectivity index is 2.42. The highest BCUT2D eigenvalue weighted by Crippen LogP contribution is 2.27. The Morgan fingerprint density at radius 3 is 2.31 bits per heavy atom. The van der Waals surface area contributed by atoms with Crippen LogP contribution in [0.1, 0.15) is 35.3 Å². The maximum absolute atomic E-state index is 12.8. The standard InChI is InChI=1S/C19H23ClN2O3S/c1-5-22(6-2)19(23)15-8-9-16(20)18(12-15)26(24,25)21-17-10-7-13(3)11-14(17)4/h7-12,21H,5-6H2,1-4H3. The van der Waals surface area contributed by atoms with Crippen LogP contribution >= 0.6 is 11.6 Å². The molecule has 0 aromatic heterocycles. The molecule has 0 aliphatic rings. The second-order valence-electron chi connectivity index (χ2n) is 6.05. The molecule has 0 unspecified atom stereocenters. The molecular weight excluding hydrogens is 372 g/mol. The third-order valence-corrected chi connectivity index (χ3v) is 5.99. The highest BCUT2D eigenvalue weighted by molar-refractivity contribution is 7.92. The fourth-order valence-electron chi connectivity index (χ4n) is 2.66. The molecule has 5 nitrogen and oxygen atoms in total. The number of carbonyl (C=O) groups is 1. The molecule has 0 bridgehead atoms. The largest absolute Gasteiger partial charge is 0.339 e. The van der Waals surface area contributed by atoms with Crippen molar-refractivity contribution in [3.05, 3.63) is 58.1 Å². The molecule has 0 spiro atoms. The molecule has 1 amide bonds. The van der Waals surface area contributed by atoms with Gasteiger partial charge in [0.15, 0.2) is 0 Å². The van der Waals surface area contributed by atoms with Crippen molar-refractivity contribution in [2.24, 2.45) is 0 Å². The number of amides is 1. The number of anilines is 1. The average molecular weight is 395 g/mol. The summed E-state index contributed by atoms with van der Waals surface area (Å²) in [5.74, 6) is -0.227. The van der Waals surface area contributed by atoms with Gasteiger partial charge in [-0.05, 0) is 57.5 Å². The van der Waals surface area contributed by atoms with Crippen molar-refractivity contribution in [3.8, 4) is 0 Å². The van der Waals surface area contributed by atoms with Gasteiger partial charge in [0.25, 0.3) is 15.9 Å². The summed E-state index contributed by atoms with van der Waals surface area (Å²) in [4.78, 5) is 14.0. The number of aryl methyl sites for hydroxylation is 2. The van der Waals surface area contributed by atoms with Gasteiger partial charge in [0.1, 0.15) is 4.90 Å². The van der Waals surface area contributed by atoms with Crippen LogP contribution in [0, 0.1) is 13.8 Å². The van der Waals surface area contributed by atoms with E-state index in [1.54, 1.807) is 17.0 Å². The fourth-order valence-corrected chi connectivity index (χ4v) is 4.32. The van der Waals surface area contributed by atoms with E-state index >= 15 is 0 Å². The summed E-state index contributed by atoms with van der Waals surface area (Å²) >= 11 is 6.12. The van der Waals surface area contributed by atoms with Gasteiger partial charge >= 0.3 is 0 Å². The molecule has 2 aromatic carbocycles. The summed E-state index contributed by atoms with van der Waals surface area (Å²) in [6.07, 6.45) is 0. The van der Waals surface area contributed by atoms with Crippen LogP contribution in [0.4, 0.5) is 5.69 Å². The van der Waals surface area contributed by atoms with Gasteiger partial charge in [-0.1, -0.05) is 29.3 Å². The number of carbonyl (C=O) groups excluding carboxylic acids is 1. The van der Waals surface area contributed by atoms with E-state index in [-0.39, 0.29) is 15.8 Å². The Kier molecular flexibility index (Phi) is 6.31. The van der Waals surface area contributed by atoms with Gasteiger partial charge in [-0.3, -0.25) is 9.52 Å². The molecule has 0 aliphatic heterocycles. The number of benzene rings is 2. The van der Waals surface area contributed by atoms with Crippen molar-refractivity contribution in [1.29, 1.82) is 0 Å². The van der Waals surface area contributed by atoms with E-state index in [1.165, 1.54) is 12.1 Å². The van der Waals surface area contributed by atoms with Crippen LogP contribution in [-0.2, 0) is 10.0 Å². The Bertz CT molecular complexity index is 922. The second kappa shape index (κ2) is 8.10. The van der Waals surface area contributed by atoms with Gasteiger partial charge in [-0.25, -0.2) is 8.42 Å². The topological polar surface area (TPSA) is 66.5 Å². The zero-order valence-corrected chi connectivity index (χ0v) is 16.9. The first-order valence-corrected chi connectivity index (χ1v) is 10.2. The zero-order chi connectivity index (χ0) is 19.5. The third-order valence-electron chi connectivity index (χ3n) is 4.14. The number of hydrogen-bond acceptors (Lipinski definition) is 3. The first kappa shape index (κ1) is 20.3. The van der Waals surface area contributed by atoms with E-state index in [9.17, 15) is 13.2 Å². The smallest absolute Gasteiger partial charge is 0.263 e. The second-order valence-corrected chi connectivity index (χ2v) is 8.10. The van der Waals surface area contributed by atoms with Crippen LogP contribution < -0.4 is 4.72 Å². The minimum atomic E-state index is -3.93. The van der Waals surface area contributed by atoms with Crippen molar-refractivity contribution in [3.63, 3.8) is 0 Å². The maximum atomic E-state index is 12.8. The van der Waals surface area contributed by atoms with Gasteiger partial charge in [0.05, 0.1) is 10.7 Å². The Morgan fingerprint density at radius 1 is 1.08 bits per heavy atom. The molecule has 2 aromatic rings. The van der Waals surface area contributed by atoms with E-state index in [1.807, 2.05) is 39.8 Å². The number of hydrogen-bond donors (Lipinski definition) is 1. The number of halogens is 1. The molecule has 26 heavy (non-hydrogen) atoms. The van der Waals surface area contributed by atoms with Crippen LogP contribution in [0.15, 0.2) is 41.3 Å². The number of rotatable bonds is 6. The Morgan fingerprint density at radius 2 is 1.73 bits per heavy atom. The summed E-state index contributed by atoms with van der Waals surface area (Å²) in [7, 11) is -3.93. The first-order chi connectivity index (χ1) is 12.2. The Hall–Kier alpha value is -2.05. The molecule has 0 heterocycles. The zero-order valence-electron chi connectivity index (χ0n) is 15.3. The molecule has 2 rings (SSSR count). The molecule has 140 valence electrons. The van der Waals surface area contributed by atoms with E-state index < -0.39 is 10.0 Å². The summed E-state index contributed by atoms with van der Waals surface area (Å²) in [5.41, 5.74) is 2.61. The van der Waals surface area contributed by atoms with E-state index in [4.69, 9.17) is 11.6 Å². The monoisotopic (exact) mass is 394 g/mol. The highest BCUT2D eigenvalue weighted by atomic mass is 35.5. The normalized spacial score (nSPS) is 11.3. The highest BCUT2D eigenvalue weighted by Gasteiger charge is 2.22. The molecule has 0 atom stereocenters. The van der Waals surface area contributed by atoms with Crippen LogP contribution in [0.3, 0.4) is 0 Å². The molecule has 1 N–H and O–H groups in total.